The number of anilines is 1. The van der Waals surface area contributed by atoms with Crippen LogP contribution in [0.4, 0.5) is 10.1 Å². The van der Waals surface area contributed by atoms with E-state index in [0.717, 1.165) is 0 Å². The van der Waals surface area contributed by atoms with Crippen molar-refractivity contribution in [3.05, 3.63) is 54.3 Å². The third kappa shape index (κ3) is 3.59. The lowest BCUT2D eigenvalue weighted by Gasteiger charge is -2.14. The second-order valence-electron chi connectivity index (χ2n) is 4.23. The van der Waals surface area contributed by atoms with Crippen LogP contribution in [0.5, 0.6) is 11.5 Å². The molecule has 0 spiro atoms. The van der Waals surface area contributed by atoms with Gasteiger partial charge in [0, 0.05) is 13.1 Å². The maximum absolute atomic E-state index is 14.1. The van der Waals surface area contributed by atoms with Crippen LogP contribution in [-0.4, -0.2) is 12.8 Å². The van der Waals surface area contributed by atoms with E-state index in [1.165, 1.54) is 24.2 Å². The van der Waals surface area contributed by atoms with Gasteiger partial charge in [-0.05, 0) is 24.3 Å². The second kappa shape index (κ2) is 6.87. The molecule has 0 atom stereocenters. The smallest absolute Gasteiger partial charge is 0.237 e. The molecule has 5 nitrogen and oxygen atoms in total. The first-order valence-electron chi connectivity index (χ1n) is 6.29. The van der Waals surface area contributed by atoms with E-state index in [0.29, 0.717) is 11.4 Å². The average Bonchev–Trinajstić information content (AvgIpc) is 2.55. The number of para-hydroxylation sites is 1. The van der Waals surface area contributed by atoms with Crippen LogP contribution in [0.25, 0.3) is 0 Å². The van der Waals surface area contributed by atoms with Crippen molar-refractivity contribution in [2.24, 2.45) is 5.10 Å². The summed E-state index contributed by atoms with van der Waals surface area (Å²) in [4.78, 5) is 0. The number of ether oxygens (including phenoxy) is 1. The molecule has 6 heteroatoms. The fraction of sp³-hybridized carbons (Fsp3) is 0.0625. The van der Waals surface area contributed by atoms with Gasteiger partial charge in [-0.1, -0.05) is 18.2 Å². The van der Waals surface area contributed by atoms with Crippen LogP contribution in [0.2, 0.25) is 0 Å². The molecular formula is C16H11FN4O. The Kier molecular flexibility index (Phi) is 4.69. The van der Waals surface area contributed by atoms with E-state index >= 15 is 0 Å². The molecule has 0 N–H and O–H groups in total. The number of nitriles is 2. The number of halogens is 1. The van der Waals surface area contributed by atoms with Gasteiger partial charge in [0.05, 0.1) is 5.69 Å². The van der Waals surface area contributed by atoms with Crippen LogP contribution >= 0.6 is 0 Å². The molecule has 0 bridgehead atoms. The van der Waals surface area contributed by atoms with Gasteiger partial charge in [-0.2, -0.15) is 15.6 Å². The number of hydrazone groups is 1. The topological polar surface area (TPSA) is 72.4 Å². The highest BCUT2D eigenvalue weighted by atomic mass is 19.1. The van der Waals surface area contributed by atoms with Crippen molar-refractivity contribution < 1.29 is 9.13 Å². The van der Waals surface area contributed by atoms with Gasteiger partial charge in [0.2, 0.25) is 5.71 Å². The van der Waals surface area contributed by atoms with Gasteiger partial charge in [-0.3, -0.25) is 5.01 Å². The monoisotopic (exact) mass is 294 g/mol. The molecule has 0 saturated carbocycles. The number of hydrogen-bond donors (Lipinski definition) is 0. The fourth-order valence-corrected chi connectivity index (χ4v) is 1.67. The highest BCUT2D eigenvalue weighted by Crippen LogP contribution is 2.27. The van der Waals surface area contributed by atoms with E-state index in [4.69, 9.17) is 15.3 Å². The van der Waals surface area contributed by atoms with Crippen molar-refractivity contribution in [2.75, 3.05) is 12.1 Å². The highest BCUT2D eigenvalue weighted by molar-refractivity contribution is 6.10. The lowest BCUT2D eigenvalue weighted by atomic mass is 10.3. The van der Waals surface area contributed by atoms with Gasteiger partial charge in [0.1, 0.15) is 17.9 Å². The molecule has 0 aliphatic heterocycles. The molecule has 0 fully saturated rings. The minimum absolute atomic E-state index is 0.0770. The molecule has 0 aliphatic rings. The summed E-state index contributed by atoms with van der Waals surface area (Å²) in [6, 6.07) is 16.4. The Morgan fingerprint density at radius 3 is 2.41 bits per heavy atom. The lowest BCUT2D eigenvalue weighted by Crippen LogP contribution is -2.11. The summed E-state index contributed by atoms with van der Waals surface area (Å²) in [5, 5.41) is 22.3. The van der Waals surface area contributed by atoms with E-state index in [1.54, 1.807) is 42.5 Å². The van der Waals surface area contributed by atoms with E-state index in [-0.39, 0.29) is 11.5 Å². The summed E-state index contributed by atoms with van der Waals surface area (Å²) in [5.74, 6) is 0.0313. The molecule has 22 heavy (non-hydrogen) atoms. The van der Waals surface area contributed by atoms with Gasteiger partial charge >= 0.3 is 0 Å². The fourth-order valence-electron chi connectivity index (χ4n) is 1.67. The SMILES string of the molecule is CN(N=C(C#N)C#N)c1ccc(Oc2ccccc2)c(F)c1. The zero-order chi connectivity index (χ0) is 15.9. The summed E-state index contributed by atoms with van der Waals surface area (Å²) in [5.41, 5.74) is 0.0773. The Bertz CT molecular complexity index is 759. The summed E-state index contributed by atoms with van der Waals surface area (Å²) >= 11 is 0. The molecule has 0 aliphatic carbocycles. The quantitative estimate of drug-likeness (QED) is 0.639. The Hall–Kier alpha value is -3.38. The minimum atomic E-state index is -0.570. The summed E-state index contributed by atoms with van der Waals surface area (Å²) in [7, 11) is 1.52. The molecule has 0 radical (unpaired) electrons. The van der Waals surface area contributed by atoms with Gasteiger partial charge in [-0.15, -0.1) is 0 Å². The predicted molar refractivity (Wildman–Crippen MR) is 80.0 cm³/mol. The van der Waals surface area contributed by atoms with Gasteiger partial charge in [-0.25, -0.2) is 4.39 Å². The van der Waals surface area contributed by atoms with E-state index < -0.39 is 5.82 Å². The summed E-state index contributed by atoms with van der Waals surface area (Å²) < 4.78 is 19.5. The molecule has 2 aromatic carbocycles. The standard InChI is InChI=1S/C16H11FN4O/c1-21(20-12(10-18)11-19)13-7-8-16(15(17)9-13)22-14-5-3-2-4-6-14/h2-9H,1H3. The summed E-state index contributed by atoms with van der Waals surface area (Å²) in [6.45, 7) is 0. The van der Waals surface area contributed by atoms with E-state index in [1.807, 2.05) is 6.07 Å². The third-order valence-corrected chi connectivity index (χ3v) is 2.72. The highest BCUT2D eigenvalue weighted by Gasteiger charge is 2.09. The third-order valence-electron chi connectivity index (χ3n) is 2.72. The zero-order valence-corrected chi connectivity index (χ0v) is 11.7. The Morgan fingerprint density at radius 2 is 1.82 bits per heavy atom. The van der Waals surface area contributed by atoms with Crippen molar-refractivity contribution in [3.63, 3.8) is 0 Å². The molecule has 2 aromatic rings. The van der Waals surface area contributed by atoms with Gasteiger partial charge < -0.3 is 4.74 Å². The lowest BCUT2D eigenvalue weighted by molar-refractivity contribution is 0.442. The zero-order valence-electron chi connectivity index (χ0n) is 11.7. The van der Waals surface area contributed by atoms with Crippen molar-refractivity contribution in [2.45, 2.75) is 0 Å². The van der Waals surface area contributed by atoms with Crippen LogP contribution < -0.4 is 9.75 Å². The minimum Gasteiger partial charge on any atom is -0.454 e. The predicted octanol–water partition coefficient (Wildman–Crippen LogP) is 3.46. The largest absolute Gasteiger partial charge is 0.454 e. The molecule has 0 saturated heterocycles. The Balaban J connectivity index is 2.22. The average molecular weight is 294 g/mol. The second-order valence-corrected chi connectivity index (χ2v) is 4.23. The molecule has 0 heterocycles. The maximum Gasteiger partial charge on any atom is 0.237 e. The van der Waals surface area contributed by atoms with E-state index in [2.05, 4.69) is 5.10 Å². The van der Waals surface area contributed by atoms with Crippen molar-refractivity contribution in [3.8, 4) is 23.6 Å². The number of rotatable bonds is 4. The Labute approximate surface area is 127 Å². The van der Waals surface area contributed by atoms with Crippen LogP contribution in [0.15, 0.2) is 53.6 Å². The van der Waals surface area contributed by atoms with Crippen LogP contribution in [0.3, 0.4) is 0 Å². The number of hydrogen-bond acceptors (Lipinski definition) is 5. The number of nitrogens with zero attached hydrogens (tertiary/aromatic N) is 4. The van der Waals surface area contributed by atoms with Crippen molar-refractivity contribution in [1.82, 2.24) is 0 Å². The maximum atomic E-state index is 14.1. The molecule has 0 unspecified atom stereocenters. The normalized spacial score (nSPS) is 9.27. The molecule has 0 aromatic heterocycles. The molecule has 2 rings (SSSR count). The molecular weight excluding hydrogens is 283 g/mol. The van der Waals surface area contributed by atoms with Crippen molar-refractivity contribution >= 4 is 11.4 Å². The van der Waals surface area contributed by atoms with Crippen LogP contribution in [0.1, 0.15) is 0 Å². The van der Waals surface area contributed by atoms with E-state index in [9.17, 15) is 4.39 Å². The van der Waals surface area contributed by atoms with Crippen LogP contribution in [-0.2, 0) is 0 Å². The summed E-state index contributed by atoms with van der Waals surface area (Å²) in [6.07, 6.45) is 0. The first kappa shape index (κ1) is 15.0. The van der Waals surface area contributed by atoms with Gasteiger partial charge in [0.15, 0.2) is 11.6 Å². The molecule has 0 amide bonds. The van der Waals surface area contributed by atoms with Gasteiger partial charge in [0.25, 0.3) is 0 Å². The first-order valence-corrected chi connectivity index (χ1v) is 6.29. The Morgan fingerprint density at radius 1 is 1.14 bits per heavy atom. The van der Waals surface area contributed by atoms with Crippen molar-refractivity contribution in [1.29, 1.82) is 10.5 Å². The molecule has 108 valence electrons. The number of benzene rings is 2. The van der Waals surface area contributed by atoms with Crippen LogP contribution in [0, 0.1) is 28.5 Å². The first-order chi connectivity index (χ1) is 10.6.